The maximum atomic E-state index is 7.22. The second-order valence-electron chi connectivity index (χ2n) is 12.8. The van der Waals surface area contributed by atoms with Crippen molar-refractivity contribution in [3.8, 4) is 46.5 Å². The van der Waals surface area contributed by atoms with Crippen LogP contribution < -0.4 is 9.47 Å². The van der Waals surface area contributed by atoms with Gasteiger partial charge in [0, 0.05) is 89.4 Å². The van der Waals surface area contributed by atoms with Crippen LogP contribution in [0.5, 0.6) is 23.3 Å². The molecule has 0 spiro atoms. The van der Waals surface area contributed by atoms with Crippen LogP contribution in [0.3, 0.4) is 0 Å². The van der Waals surface area contributed by atoms with Crippen LogP contribution in [0.1, 0.15) is 70.7 Å². The first kappa shape index (κ1) is 42.1. The van der Waals surface area contributed by atoms with Gasteiger partial charge in [0.05, 0.1) is 0 Å². The molecule has 0 radical (unpaired) electrons. The Morgan fingerprint density at radius 2 is 0.907 bits per heavy atom. The summed E-state index contributed by atoms with van der Waals surface area (Å²) in [5.74, 6) is 2.08. The molecule has 2 aliphatic rings. The summed E-state index contributed by atoms with van der Waals surface area (Å²) >= 11 is 0. The molecule has 4 aromatic heterocycles. The van der Waals surface area contributed by atoms with Crippen LogP contribution in [0.15, 0.2) is 73.1 Å². The average Bonchev–Trinajstić information content (AvgIpc) is 3.59. The zero-order valence-electron chi connectivity index (χ0n) is 30.8. The van der Waals surface area contributed by atoms with Gasteiger partial charge in [-0.2, -0.15) is 12.1 Å². The van der Waals surface area contributed by atoms with Crippen molar-refractivity contribution >= 4 is 0 Å². The Morgan fingerprint density at radius 1 is 0.556 bits per heavy atom. The van der Waals surface area contributed by atoms with Gasteiger partial charge in [0.2, 0.25) is 11.8 Å². The second-order valence-corrected chi connectivity index (χ2v) is 12.8. The molecule has 0 saturated carbocycles. The van der Waals surface area contributed by atoms with E-state index in [4.69, 9.17) is 22.3 Å². The second kappa shape index (κ2) is 20.2. The summed E-state index contributed by atoms with van der Waals surface area (Å²) in [5.41, 5.74) is 12.1. The van der Waals surface area contributed by atoms with Gasteiger partial charge in [-0.05, 0) is 113 Å². The van der Waals surface area contributed by atoms with Gasteiger partial charge in [-0.3, -0.25) is 12.1 Å². The van der Waals surface area contributed by atoms with Crippen molar-refractivity contribution in [3.05, 3.63) is 155 Å². The molecule has 2 aromatic carbocycles. The first-order valence-corrected chi connectivity index (χ1v) is 17.7. The Morgan fingerprint density at radius 3 is 1.20 bits per heavy atom. The summed E-state index contributed by atoms with van der Waals surface area (Å²) in [6, 6.07) is 35.5. The van der Waals surface area contributed by atoms with Crippen LogP contribution in [-0.2, 0) is 67.8 Å². The molecular formula is C46H40N4O2Pt2-6. The number of hydrogen-bond acceptors (Lipinski definition) is 4. The summed E-state index contributed by atoms with van der Waals surface area (Å²) < 4.78 is 15.2. The van der Waals surface area contributed by atoms with Crippen LogP contribution in [-0.4, -0.2) is 19.1 Å². The van der Waals surface area contributed by atoms with Crippen LogP contribution in [0.25, 0.3) is 11.1 Å². The largest absolute Gasteiger partial charge is 0.669 e. The van der Waals surface area contributed by atoms with Crippen LogP contribution in [0.2, 0.25) is 0 Å². The zero-order chi connectivity index (χ0) is 36.5. The van der Waals surface area contributed by atoms with E-state index < -0.39 is 0 Å². The SMILES string of the molecule is [C-]#Cn1c(C)c2c(c1C)CCCC2.[C-]#Cn1c(C)c2c(c1C)CCCC2.[Pt].[Pt].[c-]1ccc(Oc2ccccn2)[c-]c1-c1[c-]ccc(Oc2ccccn2)[c-]1. The molecule has 0 saturated heterocycles. The van der Waals surface area contributed by atoms with Gasteiger partial charge < -0.3 is 66.8 Å². The monoisotopic (exact) mass is 1070 g/mol. The minimum atomic E-state index is 0. The molecule has 4 heterocycles. The van der Waals surface area contributed by atoms with Crippen LogP contribution in [0.4, 0.5) is 0 Å². The van der Waals surface area contributed by atoms with Crippen molar-refractivity contribution in [1.29, 1.82) is 0 Å². The molecule has 0 N–H and O–H groups in total. The molecule has 0 fully saturated rings. The van der Waals surface area contributed by atoms with Crippen molar-refractivity contribution in [3.63, 3.8) is 0 Å². The number of ether oxygens (including phenoxy) is 2. The molecule has 8 heteroatoms. The Kier molecular flexibility index (Phi) is 15.8. The van der Waals surface area contributed by atoms with Crippen molar-refractivity contribution in [2.45, 2.75) is 79.1 Å². The first-order valence-electron chi connectivity index (χ1n) is 17.7. The van der Waals surface area contributed by atoms with E-state index >= 15 is 0 Å². The third-order valence-corrected chi connectivity index (χ3v) is 9.62. The number of nitrogens with zero attached hydrogens (tertiary/aromatic N) is 4. The number of benzene rings is 2. The fraction of sp³-hybridized carbons (Fsp3) is 0.261. The molecule has 6 nitrogen and oxygen atoms in total. The Labute approximate surface area is 349 Å². The molecule has 0 bridgehead atoms. The molecular weight excluding hydrogens is 1030 g/mol. The number of pyridine rings is 2. The van der Waals surface area contributed by atoms with Gasteiger partial charge in [-0.25, -0.2) is 22.1 Å². The third-order valence-electron chi connectivity index (χ3n) is 9.62. The summed E-state index contributed by atoms with van der Waals surface area (Å²) in [6.07, 6.45) is 27.7. The Bertz CT molecular complexity index is 2010. The minimum Gasteiger partial charge on any atom is -0.669 e. The van der Waals surface area contributed by atoms with E-state index in [1.165, 1.54) is 96.4 Å². The molecule has 0 amide bonds. The molecule has 6 aromatic rings. The topological polar surface area (TPSA) is 54.1 Å². The normalized spacial score (nSPS) is 12.3. The maximum absolute atomic E-state index is 7.22. The van der Waals surface area contributed by atoms with Gasteiger partial charge in [0.25, 0.3) is 0 Å². The van der Waals surface area contributed by atoms with Gasteiger partial charge in [0.15, 0.2) is 0 Å². The summed E-state index contributed by atoms with van der Waals surface area (Å²) in [7, 11) is 0. The van der Waals surface area contributed by atoms with E-state index in [-0.39, 0.29) is 42.1 Å². The molecule has 54 heavy (non-hydrogen) atoms. The van der Waals surface area contributed by atoms with Crippen molar-refractivity contribution in [2.75, 3.05) is 0 Å². The van der Waals surface area contributed by atoms with Crippen LogP contribution in [0, 0.1) is 76.9 Å². The third kappa shape index (κ3) is 9.92. The fourth-order valence-electron chi connectivity index (χ4n) is 7.02. The number of aromatic nitrogens is 4. The van der Waals surface area contributed by atoms with Crippen molar-refractivity contribution < 1.29 is 51.6 Å². The summed E-state index contributed by atoms with van der Waals surface area (Å²) in [5, 5.41) is 0. The quantitative estimate of drug-likeness (QED) is 0.128. The molecule has 8 rings (SSSR count). The van der Waals surface area contributed by atoms with E-state index in [0.29, 0.717) is 34.4 Å². The van der Waals surface area contributed by atoms with E-state index in [1.54, 1.807) is 48.8 Å². The van der Waals surface area contributed by atoms with E-state index in [9.17, 15) is 0 Å². The molecule has 282 valence electrons. The van der Waals surface area contributed by atoms with Gasteiger partial charge in [-0.1, -0.05) is 23.6 Å². The standard InChI is InChI=1S/C22H12N2O2.2C12H14N.2Pt/c1-3-13-23-21(11-1)25-19-9-5-7-17(15-19)18-8-6-10-20(16-18)26-22-12-2-4-14-24-22;2*1-4-13-9(2)11-7-5-6-8-12(11)10(13)3;;/h1-6,9-14H;2*5-8H2,2-3H3;;/q-4;2*-1;;. The molecule has 0 unspecified atom stereocenters. The smallest absolute Gasteiger partial charge is 0.215 e. The summed E-state index contributed by atoms with van der Waals surface area (Å²) in [6.45, 7) is 8.38. The van der Waals surface area contributed by atoms with Gasteiger partial charge >= 0.3 is 0 Å². The zero-order valence-corrected chi connectivity index (χ0v) is 35.4. The first-order chi connectivity index (χ1) is 25.4. The van der Waals surface area contributed by atoms with Crippen molar-refractivity contribution in [1.82, 2.24) is 19.1 Å². The minimum absolute atomic E-state index is 0. The van der Waals surface area contributed by atoms with Gasteiger partial charge in [-0.15, -0.1) is 0 Å². The predicted molar refractivity (Wildman–Crippen MR) is 202 cm³/mol. The van der Waals surface area contributed by atoms with Crippen molar-refractivity contribution in [2.24, 2.45) is 0 Å². The summed E-state index contributed by atoms with van der Waals surface area (Å²) in [4.78, 5) is 8.28. The predicted octanol–water partition coefficient (Wildman–Crippen LogP) is 9.68. The molecule has 2 aliphatic carbocycles. The molecule has 0 atom stereocenters. The number of fused-ring (bicyclic) bond motifs is 2. The van der Waals surface area contributed by atoms with E-state index in [2.05, 4.69) is 74.0 Å². The van der Waals surface area contributed by atoms with E-state index in [0.717, 1.165) is 0 Å². The average molecular weight is 1070 g/mol. The number of rotatable bonds is 5. The fourth-order valence-corrected chi connectivity index (χ4v) is 7.02. The number of hydrogen-bond donors (Lipinski definition) is 0. The molecule has 0 aliphatic heterocycles. The Balaban J connectivity index is 0.000000196. The Hall–Kier alpha value is -4.60. The van der Waals surface area contributed by atoms with E-state index in [1.807, 2.05) is 33.4 Å². The maximum Gasteiger partial charge on any atom is 0.215 e. The van der Waals surface area contributed by atoms with Crippen LogP contribution >= 0.6 is 0 Å². The van der Waals surface area contributed by atoms with Gasteiger partial charge in [0.1, 0.15) is 0 Å².